The molecule has 4 heterocycles. The Balaban J connectivity index is 1.09. The molecule has 3 aromatic rings. The van der Waals surface area contributed by atoms with E-state index >= 15 is 0 Å². The zero-order chi connectivity index (χ0) is 22.6. The molecule has 9 heteroatoms. The summed E-state index contributed by atoms with van der Waals surface area (Å²) in [5, 5.41) is 12.5. The summed E-state index contributed by atoms with van der Waals surface area (Å²) in [4.78, 5) is 19.9. The van der Waals surface area contributed by atoms with Crippen molar-refractivity contribution < 1.29 is 9.53 Å². The van der Waals surface area contributed by atoms with Crippen molar-refractivity contribution in [1.82, 2.24) is 29.6 Å². The standard InChI is InChI=1S/C24H31N7O2/c1-2-33-21-5-3-19(4-6-21)17-28-13-15-30(16-14-28)24(32)20-9-11-29(12-10-20)23-8-7-22-26-25-18-31(22)27-23/h3-8,18,20H,2,9-17H2,1H3. The molecule has 0 spiro atoms. The summed E-state index contributed by atoms with van der Waals surface area (Å²) in [5.41, 5.74) is 2.02. The van der Waals surface area contributed by atoms with E-state index < -0.39 is 0 Å². The molecular weight excluding hydrogens is 418 g/mol. The number of nitrogens with zero attached hydrogens (tertiary/aromatic N) is 7. The van der Waals surface area contributed by atoms with Gasteiger partial charge in [0.05, 0.1) is 6.61 Å². The van der Waals surface area contributed by atoms with Gasteiger partial charge in [0.15, 0.2) is 5.65 Å². The van der Waals surface area contributed by atoms with E-state index in [-0.39, 0.29) is 5.92 Å². The van der Waals surface area contributed by atoms with Gasteiger partial charge in [-0.05, 0) is 49.6 Å². The Labute approximate surface area is 193 Å². The predicted molar refractivity (Wildman–Crippen MR) is 125 cm³/mol. The van der Waals surface area contributed by atoms with E-state index in [1.54, 1.807) is 10.8 Å². The van der Waals surface area contributed by atoms with Crippen LogP contribution in [0.1, 0.15) is 25.3 Å². The minimum atomic E-state index is 0.109. The Morgan fingerprint density at radius 3 is 2.48 bits per heavy atom. The summed E-state index contributed by atoms with van der Waals surface area (Å²) >= 11 is 0. The molecule has 0 unspecified atom stereocenters. The van der Waals surface area contributed by atoms with Crippen LogP contribution in [0.2, 0.25) is 0 Å². The SMILES string of the molecule is CCOc1ccc(CN2CCN(C(=O)C3CCN(c4ccc5nncn5n4)CC3)CC2)cc1. The van der Waals surface area contributed by atoms with Crippen molar-refractivity contribution in [2.24, 2.45) is 5.92 Å². The van der Waals surface area contributed by atoms with Crippen LogP contribution in [0.5, 0.6) is 5.75 Å². The first-order valence-corrected chi connectivity index (χ1v) is 11.8. The van der Waals surface area contributed by atoms with E-state index in [1.807, 2.05) is 31.2 Å². The predicted octanol–water partition coefficient (Wildman–Crippen LogP) is 2.08. The number of piperazine rings is 1. The number of benzene rings is 1. The summed E-state index contributed by atoms with van der Waals surface area (Å²) in [5.74, 6) is 2.25. The van der Waals surface area contributed by atoms with Crippen molar-refractivity contribution in [2.45, 2.75) is 26.3 Å². The summed E-state index contributed by atoms with van der Waals surface area (Å²) in [6, 6.07) is 12.2. The van der Waals surface area contributed by atoms with Gasteiger partial charge in [-0.1, -0.05) is 12.1 Å². The van der Waals surface area contributed by atoms with Gasteiger partial charge >= 0.3 is 0 Å². The van der Waals surface area contributed by atoms with Crippen molar-refractivity contribution in [1.29, 1.82) is 0 Å². The second-order valence-corrected chi connectivity index (χ2v) is 8.76. The topological polar surface area (TPSA) is 79.1 Å². The van der Waals surface area contributed by atoms with Crippen molar-refractivity contribution in [3.63, 3.8) is 0 Å². The lowest BCUT2D eigenvalue weighted by atomic mass is 9.95. The molecule has 0 N–H and O–H groups in total. The molecule has 2 saturated heterocycles. The maximum Gasteiger partial charge on any atom is 0.225 e. The van der Waals surface area contributed by atoms with Crippen LogP contribution in [0.4, 0.5) is 5.82 Å². The van der Waals surface area contributed by atoms with Crippen LogP contribution in [0.15, 0.2) is 42.7 Å². The molecule has 0 bridgehead atoms. The highest BCUT2D eigenvalue weighted by Gasteiger charge is 2.31. The van der Waals surface area contributed by atoms with Gasteiger partial charge in [-0.3, -0.25) is 9.69 Å². The van der Waals surface area contributed by atoms with Crippen molar-refractivity contribution in [3.8, 4) is 5.75 Å². The number of ether oxygens (including phenoxy) is 1. The number of rotatable bonds is 6. The molecule has 9 nitrogen and oxygen atoms in total. The lowest BCUT2D eigenvalue weighted by molar-refractivity contribution is -0.138. The molecular formula is C24H31N7O2. The van der Waals surface area contributed by atoms with E-state index in [0.29, 0.717) is 12.5 Å². The van der Waals surface area contributed by atoms with Gasteiger partial charge in [0, 0.05) is 51.7 Å². The second kappa shape index (κ2) is 9.74. The Hall–Kier alpha value is -3.20. The number of anilines is 1. The Morgan fingerprint density at radius 2 is 1.76 bits per heavy atom. The first kappa shape index (κ1) is 21.6. The number of carbonyl (C=O) groups excluding carboxylic acids is 1. The highest BCUT2D eigenvalue weighted by atomic mass is 16.5. The summed E-state index contributed by atoms with van der Waals surface area (Å²) in [6.07, 6.45) is 3.35. The van der Waals surface area contributed by atoms with Crippen LogP contribution in [-0.2, 0) is 11.3 Å². The fourth-order valence-corrected chi connectivity index (χ4v) is 4.74. The third-order valence-corrected chi connectivity index (χ3v) is 6.64. The van der Waals surface area contributed by atoms with Crippen molar-refractivity contribution in [3.05, 3.63) is 48.3 Å². The van der Waals surface area contributed by atoms with Gasteiger partial charge in [0.2, 0.25) is 5.91 Å². The zero-order valence-electron chi connectivity index (χ0n) is 19.1. The zero-order valence-corrected chi connectivity index (χ0v) is 19.1. The quantitative estimate of drug-likeness (QED) is 0.570. The molecule has 2 fully saturated rings. The van der Waals surface area contributed by atoms with Crippen LogP contribution < -0.4 is 9.64 Å². The van der Waals surface area contributed by atoms with Gasteiger partial charge < -0.3 is 14.5 Å². The summed E-state index contributed by atoms with van der Waals surface area (Å²) < 4.78 is 7.22. The van der Waals surface area contributed by atoms with Crippen LogP contribution in [0.25, 0.3) is 5.65 Å². The highest BCUT2D eigenvalue weighted by molar-refractivity contribution is 5.79. The Bertz CT molecular complexity index is 1070. The van der Waals surface area contributed by atoms with E-state index in [1.165, 1.54) is 5.56 Å². The van der Waals surface area contributed by atoms with Gasteiger partial charge in [0.25, 0.3) is 0 Å². The molecule has 0 radical (unpaired) electrons. The number of aromatic nitrogens is 4. The highest BCUT2D eigenvalue weighted by Crippen LogP contribution is 2.24. The molecule has 0 aliphatic carbocycles. The lowest BCUT2D eigenvalue weighted by Gasteiger charge is -2.38. The summed E-state index contributed by atoms with van der Waals surface area (Å²) in [6.45, 7) is 8.73. The van der Waals surface area contributed by atoms with Gasteiger partial charge in [-0.2, -0.15) is 4.52 Å². The molecule has 33 heavy (non-hydrogen) atoms. The van der Waals surface area contributed by atoms with Crippen LogP contribution in [0.3, 0.4) is 0 Å². The maximum absolute atomic E-state index is 13.1. The maximum atomic E-state index is 13.1. The van der Waals surface area contributed by atoms with Crippen molar-refractivity contribution in [2.75, 3.05) is 50.8 Å². The second-order valence-electron chi connectivity index (χ2n) is 8.76. The number of piperidine rings is 1. The van der Waals surface area contributed by atoms with E-state index in [0.717, 1.165) is 75.9 Å². The average Bonchev–Trinajstić information content (AvgIpc) is 3.34. The molecule has 5 rings (SSSR count). The molecule has 2 aliphatic heterocycles. The number of fused-ring (bicyclic) bond motifs is 1. The van der Waals surface area contributed by atoms with E-state index in [4.69, 9.17) is 4.74 Å². The first-order valence-electron chi connectivity index (χ1n) is 11.8. The average molecular weight is 450 g/mol. The third kappa shape index (κ3) is 4.93. The molecule has 1 amide bonds. The molecule has 2 aromatic heterocycles. The molecule has 0 atom stereocenters. The first-order chi connectivity index (χ1) is 16.2. The molecule has 1 aromatic carbocycles. The van der Waals surface area contributed by atoms with Gasteiger partial charge in [-0.15, -0.1) is 15.3 Å². The van der Waals surface area contributed by atoms with Gasteiger partial charge in [0.1, 0.15) is 17.9 Å². The molecule has 2 aliphatic rings. The van der Waals surface area contributed by atoms with Crippen LogP contribution in [0, 0.1) is 5.92 Å². The van der Waals surface area contributed by atoms with Gasteiger partial charge in [-0.25, -0.2) is 0 Å². The number of amides is 1. The summed E-state index contributed by atoms with van der Waals surface area (Å²) in [7, 11) is 0. The minimum Gasteiger partial charge on any atom is -0.494 e. The minimum absolute atomic E-state index is 0.109. The van der Waals surface area contributed by atoms with Crippen LogP contribution >= 0.6 is 0 Å². The fourth-order valence-electron chi connectivity index (χ4n) is 4.74. The Kier molecular flexibility index (Phi) is 6.39. The Morgan fingerprint density at radius 1 is 1.00 bits per heavy atom. The monoisotopic (exact) mass is 449 g/mol. The van der Waals surface area contributed by atoms with E-state index in [9.17, 15) is 4.79 Å². The smallest absolute Gasteiger partial charge is 0.225 e. The lowest BCUT2D eigenvalue weighted by Crippen LogP contribution is -2.51. The number of hydrogen-bond donors (Lipinski definition) is 0. The molecule has 174 valence electrons. The van der Waals surface area contributed by atoms with Crippen LogP contribution in [-0.4, -0.2) is 81.4 Å². The number of carbonyl (C=O) groups is 1. The third-order valence-electron chi connectivity index (χ3n) is 6.64. The molecule has 0 saturated carbocycles. The number of hydrogen-bond acceptors (Lipinski definition) is 7. The normalized spacial score (nSPS) is 18.1. The fraction of sp³-hybridized carbons (Fsp3) is 0.500. The van der Waals surface area contributed by atoms with Crippen molar-refractivity contribution >= 4 is 17.4 Å². The van der Waals surface area contributed by atoms with E-state index in [2.05, 4.69) is 42.1 Å². The largest absolute Gasteiger partial charge is 0.494 e.